The van der Waals surface area contributed by atoms with Gasteiger partial charge in [0.1, 0.15) is 0 Å². The van der Waals surface area contributed by atoms with E-state index in [4.69, 9.17) is 20.1 Å². The van der Waals surface area contributed by atoms with E-state index >= 15 is 0 Å². The highest BCUT2D eigenvalue weighted by molar-refractivity contribution is 7.80. The quantitative estimate of drug-likeness (QED) is 0.334. The fourth-order valence-corrected chi connectivity index (χ4v) is 1.12. The lowest BCUT2D eigenvalue weighted by Crippen LogP contribution is -2.39. The summed E-state index contributed by atoms with van der Waals surface area (Å²) >= 11 is 3.93. The normalized spacial score (nSPS) is 18.7. The van der Waals surface area contributed by atoms with E-state index in [1.54, 1.807) is 0 Å². The van der Waals surface area contributed by atoms with E-state index in [2.05, 4.69) is 17.4 Å². The molecule has 5 nitrogen and oxygen atoms in total. The Morgan fingerprint density at radius 2 is 1.85 bits per heavy atom. The molecule has 0 aliphatic carbocycles. The van der Waals surface area contributed by atoms with Crippen molar-refractivity contribution in [3.05, 3.63) is 0 Å². The summed E-state index contributed by atoms with van der Waals surface area (Å²) in [6.45, 7) is 1.53. The summed E-state index contributed by atoms with van der Waals surface area (Å²) in [6.07, 6.45) is -4.22. The van der Waals surface area contributed by atoms with Crippen LogP contribution in [0.25, 0.3) is 0 Å². The summed E-state index contributed by atoms with van der Waals surface area (Å²) in [7, 11) is 1.28. The molecule has 0 spiro atoms. The third-order valence-electron chi connectivity index (χ3n) is 1.50. The molecule has 0 saturated carbocycles. The molecule has 3 atom stereocenters. The lowest BCUT2D eigenvalue weighted by molar-refractivity contribution is -0.265. The van der Waals surface area contributed by atoms with Gasteiger partial charge in [0, 0.05) is 12.9 Å². The Hall–Kier alpha value is 0.150. The maximum absolute atomic E-state index is 9.15. The standard InChI is InChI=1S/C7H16O5S/c1-4(8)5(3-13)12-7(11-2)6(9)10/h4-10,13H,3H2,1-2H3/t4-,5?,7?/m1/s1. The molecule has 0 rings (SSSR count). The van der Waals surface area contributed by atoms with Gasteiger partial charge in [-0.15, -0.1) is 0 Å². The molecule has 0 aliphatic heterocycles. The molecular weight excluding hydrogens is 196 g/mol. The van der Waals surface area contributed by atoms with E-state index in [0.29, 0.717) is 0 Å². The molecule has 0 aromatic heterocycles. The van der Waals surface area contributed by atoms with Crippen molar-refractivity contribution in [1.29, 1.82) is 0 Å². The zero-order chi connectivity index (χ0) is 10.4. The number of aliphatic hydroxyl groups is 3. The van der Waals surface area contributed by atoms with Crippen LogP contribution in [0, 0.1) is 0 Å². The molecule has 2 unspecified atom stereocenters. The van der Waals surface area contributed by atoms with Gasteiger partial charge in [-0.25, -0.2) is 0 Å². The number of ether oxygens (including phenoxy) is 2. The Bertz CT molecular complexity index is 116. The van der Waals surface area contributed by atoms with Gasteiger partial charge in [0.25, 0.3) is 0 Å². The van der Waals surface area contributed by atoms with Crippen LogP contribution in [0.1, 0.15) is 6.92 Å². The molecule has 0 bridgehead atoms. The van der Waals surface area contributed by atoms with Gasteiger partial charge in [-0.1, -0.05) is 0 Å². The maximum Gasteiger partial charge on any atom is 0.209 e. The molecule has 0 aliphatic rings. The molecule has 0 aromatic rings. The molecule has 80 valence electrons. The Labute approximate surface area is 82.7 Å². The second-order valence-corrected chi connectivity index (χ2v) is 2.98. The van der Waals surface area contributed by atoms with Gasteiger partial charge in [-0.05, 0) is 6.92 Å². The Balaban J connectivity index is 4.03. The van der Waals surface area contributed by atoms with Crippen LogP contribution < -0.4 is 0 Å². The minimum absolute atomic E-state index is 0.268. The molecule has 3 N–H and O–H groups in total. The molecule has 13 heavy (non-hydrogen) atoms. The van der Waals surface area contributed by atoms with Crippen molar-refractivity contribution in [2.75, 3.05) is 12.9 Å². The van der Waals surface area contributed by atoms with Gasteiger partial charge in [0.2, 0.25) is 12.6 Å². The first-order valence-electron chi connectivity index (χ1n) is 3.86. The smallest absolute Gasteiger partial charge is 0.209 e. The number of aliphatic hydroxyl groups excluding tert-OH is 2. The highest BCUT2D eigenvalue weighted by atomic mass is 32.1. The van der Waals surface area contributed by atoms with Crippen molar-refractivity contribution < 1.29 is 24.8 Å². The molecule has 0 radical (unpaired) electrons. The average molecular weight is 212 g/mol. The van der Waals surface area contributed by atoms with E-state index in [1.807, 2.05) is 0 Å². The van der Waals surface area contributed by atoms with Crippen molar-refractivity contribution in [2.45, 2.75) is 31.7 Å². The van der Waals surface area contributed by atoms with Gasteiger partial charge in [0.05, 0.1) is 12.2 Å². The molecule has 6 heteroatoms. The van der Waals surface area contributed by atoms with Crippen molar-refractivity contribution >= 4 is 12.6 Å². The third-order valence-corrected chi connectivity index (χ3v) is 1.86. The molecule has 0 aromatic carbocycles. The Morgan fingerprint density at radius 1 is 1.31 bits per heavy atom. The summed E-state index contributed by atoms with van der Waals surface area (Å²) in [4.78, 5) is 0. The average Bonchev–Trinajstić information content (AvgIpc) is 2.05. The molecule has 0 saturated heterocycles. The number of thiol groups is 1. The highest BCUT2D eigenvalue weighted by Crippen LogP contribution is 2.08. The predicted octanol–water partition coefficient (Wildman–Crippen LogP) is -1.03. The van der Waals surface area contributed by atoms with Crippen LogP contribution in [0.15, 0.2) is 0 Å². The zero-order valence-corrected chi connectivity index (χ0v) is 8.52. The summed E-state index contributed by atoms with van der Waals surface area (Å²) in [5.74, 6) is 0.268. The van der Waals surface area contributed by atoms with Gasteiger partial charge in [-0.2, -0.15) is 12.6 Å². The second kappa shape index (κ2) is 6.58. The van der Waals surface area contributed by atoms with Gasteiger partial charge < -0.3 is 24.8 Å². The van der Waals surface area contributed by atoms with Gasteiger partial charge >= 0.3 is 0 Å². The Morgan fingerprint density at radius 3 is 2.08 bits per heavy atom. The monoisotopic (exact) mass is 212 g/mol. The summed E-state index contributed by atoms with van der Waals surface area (Å²) < 4.78 is 9.65. The van der Waals surface area contributed by atoms with Gasteiger partial charge in [-0.3, -0.25) is 0 Å². The van der Waals surface area contributed by atoms with Crippen molar-refractivity contribution in [2.24, 2.45) is 0 Å². The van der Waals surface area contributed by atoms with Crippen LogP contribution in [-0.4, -0.2) is 53.0 Å². The second-order valence-electron chi connectivity index (χ2n) is 2.62. The number of rotatable bonds is 6. The van der Waals surface area contributed by atoms with Crippen molar-refractivity contribution in [3.63, 3.8) is 0 Å². The van der Waals surface area contributed by atoms with Crippen LogP contribution >= 0.6 is 12.6 Å². The molecule has 0 fully saturated rings. The van der Waals surface area contributed by atoms with E-state index in [9.17, 15) is 0 Å². The molecule has 0 heterocycles. The summed E-state index contributed by atoms with van der Waals surface area (Å²) in [5, 5.41) is 26.6. The maximum atomic E-state index is 9.15. The van der Waals surface area contributed by atoms with Gasteiger partial charge in [0.15, 0.2) is 0 Å². The first kappa shape index (κ1) is 13.2. The van der Waals surface area contributed by atoms with Crippen molar-refractivity contribution in [1.82, 2.24) is 0 Å². The minimum atomic E-state index is -1.73. The highest BCUT2D eigenvalue weighted by Gasteiger charge is 2.23. The largest absolute Gasteiger partial charge is 0.391 e. The van der Waals surface area contributed by atoms with Crippen LogP contribution in [0.5, 0.6) is 0 Å². The summed E-state index contributed by atoms with van der Waals surface area (Å²) in [6, 6.07) is 0. The number of hydrogen-bond acceptors (Lipinski definition) is 6. The molecular formula is C7H16O5S. The van der Waals surface area contributed by atoms with Crippen LogP contribution in [0.3, 0.4) is 0 Å². The van der Waals surface area contributed by atoms with E-state index in [0.717, 1.165) is 0 Å². The number of hydrogen-bond donors (Lipinski definition) is 4. The third kappa shape index (κ3) is 4.80. The fourth-order valence-electron chi connectivity index (χ4n) is 0.729. The number of methoxy groups -OCH3 is 1. The topological polar surface area (TPSA) is 79.2 Å². The fraction of sp³-hybridized carbons (Fsp3) is 1.00. The van der Waals surface area contributed by atoms with E-state index in [1.165, 1.54) is 14.0 Å². The summed E-state index contributed by atoms with van der Waals surface area (Å²) in [5.41, 5.74) is 0. The molecule has 0 amide bonds. The van der Waals surface area contributed by atoms with Crippen LogP contribution in [-0.2, 0) is 9.47 Å². The predicted molar refractivity (Wildman–Crippen MR) is 49.4 cm³/mol. The zero-order valence-electron chi connectivity index (χ0n) is 7.62. The van der Waals surface area contributed by atoms with Crippen molar-refractivity contribution in [3.8, 4) is 0 Å². The van der Waals surface area contributed by atoms with E-state index in [-0.39, 0.29) is 5.75 Å². The first-order valence-corrected chi connectivity index (χ1v) is 4.49. The minimum Gasteiger partial charge on any atom is -0.391 e. The SMILES string of the molecule is COC(OC(CS)[C@@H](C)O)C(O)O. The first-order chi connectivity index (χ1) is 6.02. The lowest BCUT2D eigenvalue weighted by atomic mass is 10.2. The van der Waals surface area contributed by atoms with Crippen LogP contribution in [0.4, 0.5) is 0 Å². The lowest BCUT2D eigenvalue weighted by Gasteiger charge is -2.25. The van der Waals surface area contributed by atoms with E-state index < -0.39 is 24.8 Å². The Kier molecular flexibility index (Phi) is 6.66. The van der Waals surface area contributed by atoms with Crippen LogP contribution in [0.2, 0.25) is 0 Å².